The van der Waals surface area contributed by atoms with Gasteiger partial charge in [-0.1, -0.05) is 65.7 Å². The van der Waals surface area contributed by atoms with E-state index in [1.807, 2.05) is 12.1 Å². The molecule has 4 rings (SSSR count). The molecule has 2 aromatic carbocycles. The van der Waals surface area contributed by atoms with Crippen LogP contribution >= 0.6 is 23.2 Å². The summed E-state index contributed by atoms with van der Waals surface area (Å²) >= 11 is 12.7. The molecule has 1 aliphatic carbocycles. The van der Waals surface area contributed by atoms with Crippen molar-refractivity contribution < 1.29 is 0 Å². The van der Waals surface area contributed by atoms with E-state index < -0.39 is 0 Å². The monoisotopic (exact) mass is 315 g/mol. The van der Waals surface area contributed by atoms with E-state index in [4.69, 9.17) is 23.2 Å². The van der Waals surface area contributed by atoms with Crippen LogP contribution in [0.5, 0.6) is 0 Å². The van der Waals surface area contributed by atoms with Gasteiger partial charge in [-0.3, -0.25) is 0 Å². The third-order valence-corrected chi connectivity index (χ3v) is 5.42. The summed E-state index contributed by atoms with van der Waals surface area (Å²) in [5.74, 6) is 0.957. The minimum Gasteiger partial charge on any atom is -0.378 e. The maximum absolute atomic E-state index is 6.45. The van der Waals surface area contributed by atoms with E-state index in [0.29, 0.717) is 21.9 Å². The molecule has 106 valence electrons. The van der Waals surface area contributed by atoms with Gasteiger partial charge in [0.15, 0.2) is 0 Å². The zero-order valence-corrected chi connectivity index (χ0v) is 12.9. The second-order valence-electron chi connectivity index (χ2n) is 5.71. The molecule has 2 aromatic rings. The lowest BCUT2D eigenvalue weighted by molar-refractivity contribution is 0.426. The van der Waals surface area contributed by atoms with Crippen molar-refractivity contribution in [2.24, 2.45) is 5.92 Å². The Morgan fingerprint density at radius 1 is 0.952 bits per heavy atom. The van der Waals surface area contributed by atoms with Gasteiger partial charge in [0.2, 0.25) is 0 Å². The molecule has 0 saturated heterocycles. The van der Waals surface area contributed by atoms with Gasteiger partial charge in [-0.2, -0.15) is 0 Å². The lowest BCUT2D eigenvalue weighted by atomic mass is 9.77. The Morgan fingerprint density at radius 2 is 1.76 bits per heavy atom. The molecule has 0 saturated carbocycles. The minimum atomic E-state index is 0.200. The molecule has 0 aromatic heterocycles. The smallest absolute Gasteiger partial charge is 0.0645 e. The molecule has 3 atom stereocenters. The highest BCUT2D eigenvalue weighted by molar-refractivity contribution is 6.42. The number of fused-ring (bicyclic) bond motifs is 3. The maximum Gasteiger partial charge on any atom is 0.0645 e. The summed E-state index contributed by atoms with van der Waals surface area (Å²) in [6.07, 6.45) is 5.68. The number of anilines is 1. The van der Waals surface area contributed by atoms with Crippen LogP contribution < -0.4 is 5.32 Å². The number of halogens is 2. The Bertz CT molecular complexity index is 723. The van der Waals surface area contributed by atoms with Crippen molar-refractivity contribution in [2.45, 2.75) is 18.4 Å². The third-order valence-electron chi connectivity index (χ3n) is 4.59. The Kier molecular flexibility index (Phi) is 3.20. The van der Waals surface area contributed by atoms with Crippen molar-refractivity contribution in [3.05, 3.63) is 75.8 Å². The summed E-state index contributed by atoms with van der Waals surface area (Å²) in [6.45, 7) is 0. The molecule has 0 radical (unpaired) electrons. The molecule has 2 aliphatic rings. The summed E-state index contributed by atoms with van der Waals surface area (Å²) in [4.78, 5) is 0. The van der Waals surface area contributed by atoms with Gasteiger partial charge in [-0.15, -0.1) is 0 Å². The van der Waals surface area contributed by atoms with Crippen LogP contribution in [-0.2, 0) is 0 Å². The number of hydrogen-bond donors (Lipinski definition) is 1. The van der Waals surface area contributed by atoms with Crippen LogP contribution in [0.2, 0.25) is 10.0 Å². The molecular formula is C18H15Cl2N. The molecule has 1 aliphatic heterocycles. The van der Waals surface area contributed by atoms with Crippen LogP contribution in [0, 0.1) is 5.92 Å². The summed E-state index contributed by atoms with van der Waals surface area (Å²) < 4.78 is 0. The first-order valence-electron chi connectivity index (χ1n) is 7.22. The average molecular weight is 316 g/mol. The topological polar surface area (TPSA) is 12.0 Å². The first-order chi connectivity index (χ1) is 10.3. The minimum absolute atomic E-state index is 0.200. The maximum atomic E-state index is 6.45. The van der Waals surface area contributed by atoms with Crippen molar-refractivity contribution in [1.82, 2.24) is 0 Å². The fourth-order valence-corrected chi connectivity index (χ4v) is 4.04. The highest BCUT2D eigenvalue weighted by atomic mass is 35.5. The van der Waals surface area contributed by atoms with Gasteiger partial charge < -0.3 is 5.32 Å². The summed E-state index contributed by atoms with van der Waals surface area (Å²) in [7, 11) is 0. The van der Waals surface area contributed by atoms with Gasteiger partial charge in [0.25, 0.3) is 0 Å². The fraction of sp³-hybridized carbons (Fsp3) is 0.222. The highest BCUT2D eigenvalue weighted by Gasteiger charge is 2.38. The van der Waals surface area contributed by atoms with Crippen molar-refractivity contribution in [3.8, 4) is 0 Å². The van der Waals surface area contributed by atoms with E-state index in [-0.39, 0.29) is 6.04 Å². The Labute approximate surface area is 134 Å². The number of para-hydroxylation sites is 1. The highest BCUT2D eigenvalue weighted by Crippen LogP contribution is 2.51. The van der Waals surface area contributed by atoms with Crippen molar-refractivity contribution in [3.63, 3.8) is 0 Å². The van der Waals surface area contributed by atoms with Gasteiger partial charge in [0, 0.05) is 11.6 Å². The van der Waals surface area contributed by atoms with E-state index in [2.05, 4.69) is 47.8 Å². The van der Waals surface area contributed by atoms with Crippen molar-refractivity contribution in [2.75, 3.05) is 5.32 Å². The molecule has 0 fully saturated rings. The van der Waals surface area contributed by atoms with Crippen molar-refractivity contribution >= 4 is 28.9 Å². The molecule has 0 unspecified atom stereocenters. The standard InChI is InChI=1S/C18H15Cl2N/c19-15-9-4-8-14(17(15)20)18-13-7-3-6-11(13)12-5-1-2-10-16(12)21-18/h1-6,8-11,13,18,21H,7H2/t11-,13+,18-/m0/s1. The summed E-state index contributed by atoms with van der Waals surface area (Å²) in [5.41, 5.74) is 3.68. The largest absolute Gasteiger partial charge is 0.378 e. The van der Waals surface area contributed by atoms with Crippen LogP contribution in [-0.4, -0.2) is 0 Å². The van der Waals surface area contributed by atoms with Crippen LogP contribution in [0.1, 0.15) is 29.5 Å². The quantitative estimate of drug-likeness (QED) is 0.654. The molecule has 3 heteroatoms. The lowest BCUT2D eigenvalue weighted by Crippen LogP contribution is -2.29. The predicted octanol–water partition coefficient (Wildman–Crippen LogP) is 5.82. The van der Waals surface area contributed by atoms with Crippen LogP contribution in [0.25, 0.3) is 0 Å². The Balaban J connectivity index is 1.83. The second-order valence-corrected chi connectivity index (χ2v) is 6.49. The fourth-order valence-electron chi connectivity index (χ4n) is 3.61. The van der Waals surface area contributed by atoms with Gasteiger partial charge in [-0.05, 0) is 35.6 Å². The van der Waals surface area contributed by atoms with Crippen LogP contribution in [0.3, 0.4) is 0 Å². The normalized spacial score (nSPS) is 26.1. The average Bonchev–Trinajstić information content (AvgIpc) is 2.99. The molecule has 1 N–H and O–H groups in total. The Morgan fingerprint density at radius 3 is 2.67 bits per heavy atom. The molecule has 0 amide bonds. The van der Waals surface area contributed by atoms with Gasteiger partial charge in [0.05, 0.1) is 16.1 Å². The zero-order valence-electron chi connectivity index (χ0n) is 11.4. The van der Waals surface area contributed by atoms with E-state index in [9.17, 15) is 0 Å². The van der Waals surface area contributed by atoms with E-state index in [0.717, 1.165) is 12.0 Å². The molecule has 21 heavy (non-hydrogen) atoms. The first-order valence-corrected chi connectivity index (χ1v) is 7.97. The predicted molar refractivity (Wildman–Crippen MR) is 89.3 cm³/mol. The number of rotatable bonds is 1. The molecule has 0 spiro atoms. The van der Waals surface area contributed by atoms with Crippen molar-refractivity contribution in [1.29, 1.82) is 0 Å². The van der Waals surface area contributed by atoms with E-state index in [1.165, 1.54) is 11.3 Å². The molecule has 1 nitrogen and oxygen atoms in total. The van der Waals surface area contributed by atoms with Crippen LogP contribution in [0.4, 0.5) is 5.69 Å². The summed E-state index contributed by atoms with van der Waals surface area (Å²) in [6, 6.07) is 14.6. The molecule has 0 bridgehead atoms. The molecule has 1 heterocycles. The number of nitrogens with one attached hydrogen (secondary N) is 1. The second kappa shape index (κ2) is 5.08. The van der Waals surface area contributed by atoms with E-state index >= 15 is 0 Å². The van der Waals surface area contributed by atoms with E-state index in [1.54, 1.807) is 0 Å². The first kappa shape index (κ1) is 13.2. The lowest BCUT2D eigenvalue weighted by Gasteiger charge is -2.37. The number of allylic oxidation sites excluding steroid dienone is 2. The SMILES string of the molecule is Clc1cccc([C@H]2Nc3ccccc3[C@@H]3C=CC[C@@H]23)c1Cl. The van der Waals surface area contributed by atoms with Gasteiger partial charge in [0.1, 0.15) is 0 Å². The third kappa shape index (κ3) is 2.07. The van der Waals surface area contributed by atoms with Gasteiger partial charge >= 0.3 is 0 Å². The Hall–Kier alpha value is -1.44. The van der Waals surface area contributed by atoms with Crippen LogP contribution in [0.15, 0.2) is 54.6 Å². The zero-order chi connectivity index (χ0) is 14.4. The number of hydrogen-bond acceptors (Lipinski definition) is 1. The van der Waals surface area contributed by atoms with Gasteiger partial charge in [-0.25, -0.2) is 0 Å². The summed E-state index contributed by atoms with van der Waals surface area (Å²) in [5, 5.41) is 4.96. The number of benzene rings is 2. The molecular weight excluding hydrogens is 301 g/mol.